The smallest absolute Gasteiger partial charge is 0.292 e. The van der Waals surface area contributed by atoms with E-state index < -0.39 is 6.04 Å². The van der Waals surface area contributed by atoms with Gasteiger partial charge in [-0.3, -0.25) is 24.6 Å². The highest BCUT2D eigenvalue weighted by Crippen LogP contribution is 2.28. The molecule has 1 heterocycles. The van der Waals surface area contributed by atoms with Crippen molar-refractivity contribution < 1.29 is 14.5 Å². The number of benzene rings is 2. The maximum Gasteiger partial charge on any atom is 0.292 e. The first-order valence-electron chi connectivity index (χ1n) is 10.6. The molecular weight excluding hydrogens is 410 g/mol. The van der Waals surface area contributed by atoms with E-state index in [9.17, 15) is 19.7 Å². The molecule has 2 aromatic rings. The van der Waals surface area contributed by atoms with Crippen LogP contribution in [0.5, 0.6) is 0 Å². The van der Waals surface area contributed by atoms with Crippen molar-refractivity contribution in [2.24, 2.45) is 0 Å². The highest BCUT2D eigenvalue weighted by atomic mass is 16.6. The largest absolute Gasteiger partial charge is 0.363 e. The highest BCUT2D eigenvalue weighted by Gasteiger charge is 2.28. The van der Waals surface area contributed by atoms with Gasteiger partial charge in [0.05, 0.1) is 17.5 Å². The summed E-state index contributed by atoms with van der Waals surface area (Å²) in [6, 6.07) is 12.1. The Bertz CT molecular complexity index is 981. The Hall–Kier alpha value is -3.46. The minimum absolute atomic E-state index is 0.0849. The van der Waals surface area contributed by atoms with Crippen LogP contribution >= 0.6 is 0 Å². The molecule has 2 aromatic carbocycles. The standard InChI is InChI=1S/C23H29N5O4/c1-16-7-6-8-17(2)22(16)25-21(29)15-24-23(30)18(3)26-11-13-27(14-12-26)19-9-4-5-10-20(19)28(31)32/h4-10,18H,11-15H2,1-3H3,(H,24,30)(H,25,29)/t18-/m0/s1. The Morgan fingerprint density at radius 2 is 1.66 bits per heavy atom. The number of hydrogen-bond acceptors (Lipinski definition) is 6. The molecule has 0 unspecified atom stereocenters. The minimum Gasteiger partial charge on any atom is -0.363 e. The van der Waals surface area contributed by atoms with Crippen LogP contribution in [0.2, 0.25) is 0 Å². The first kappa shape index (κ1) is 23.2. The van der Waals surface area contributed by atoms with Crippen LogP contribution < -0.4 is 15.5 Å². The van der Waals surface area contributed by atoms with E-state index in [1.165, 1.54) is 6.07 Å². The Morgan fingerprint density at radius 3 is 2.28 bits per heavy atom. The maximum atomic E-state index is 12.6. The Balaban J connectivity index is 1.50. The van der Waals surface area contributed by atoms with Crippen molar-refractivity contribution in [3.63, 3.8) is 0 Å². The summed E-state index contributed by atoms with van der Waals surface area (Å²) in [6.07, 6.45) is 0. The molecule has 32 heavy (non-hydrogen) atoms. The Labute approximate surface area is 187 Å². The third-order valence-electron chi connectivity index (χ3n) is 5.83. The lowest BCUT2D eigenvalue weighted by Crippen LogP contribution is -2.54. The second-order valence-electron chi connectivity index (χ2n) is 7.98. The maximum absolute atomic E-state index is 12.6. The van der Waals surface area contributed by atoms with Gasteiger partial charge >= 0.3 is 0 Å². The van der Waals surface area contributed by atoms with Crippen molar-refractivity contribution in [3.05, 3.63) is 63.7 Å². The summed E-state index contributed by atoms with van der Waals surface area (Å²) >= 11 is 0. The van der Waals surface area contributed by atoms with Crippen LogP contribution in [-0.2, 0) is 9.59 Å². The lowest BCUT2D eigenvalue weighted by atomic mass is 10.1. The molecule has 2 amide bonds. The normalized spacial score (nSPS) is 15.2. The lowest BCUT2D eigenvalue weighted by Gasteiger charge is -2.38. The molecule has 0 aromatic heterocycles. The number of amides is 2. The van der Waals surface area contributed by atoms with Gasteiger partial charge in [0.1, 0.15) is 5.69 Å². The van der Waals surface area contributed by atoms with Crippen molar-refractivity contribution in [1.82, 2.24) is 10.2 Å². The second kappa shape index (κ2) is 10.2. The number of para-hydroxylation sites is 3. The van der Waals surface area contributed by atoms with Crippen molar-refractivity contribution in [2.75, 3.05) is 42.9 Å². The van der Waals surface area contributed by atoms with Gasteiger partial charge in [-0.2, -0.15) is 0 Å². The topological polar surface area (TPSA) is 108 Å². The zero-order chi connectivity index (χ0) is 23.3. The third-order valence-corrected chi connectivity index (χ3v) is 5.83. The van der Waals surface area contributed by atoms with E-state index in [1.54, 1.807) is 25.1 Å². The average Bonchev–Trinajstić information content (AvgIpc) is 2.79. The van der Waals surface area contributed by atoms with Gasteiger partial charge < -0.3 is 15.5 Å². The summed E-state index contributed by atoms with van der Waals surface area (Å²) in [5, 5.41) is 16.9. The number of nitrogens with zero attached hydrogens (tertiary/aromatic N) is 3. The zero-order valence-electron chi connectivity index (χ0n) is 18.6. The van der Waals surface area contributed by atoms with E-state index in [0.29, 0.717) is 31.9 Å². The summed E-state index contributed by atoms with van der Waals surface area (Å²) in [7, 11) is 0. The third kappa shape index (κ3) is 5.42. The molecule has 0 saturated carbocycles. The summed E-state index contributed by atoms with van der Waals surface area (Å²) in [5.74, 6) is -0.495. The number of nitro benzene ring substituents is 1. The van der Waals surface area contributed by atoms with Crippen LogP contribution in [0.3, 0.4) is 0 Å². The van der Waals surface area contributed by atoms with Gasteiger partial charge in [0.25, 0.3) is 5.69 Å². The fraction of sp³-hybridized carbons (Fsp3) is 0.391. The molecular formula is C23H29N5O4. The van der Waals surface area contributed by atoms with Gasteiger partial charge in [-0.25, -0.2) is 0 Å². The first-order chi connectivity index (χ1) is 15.3. The summed E-state index contributed by atoms with van der Waals surface area (Å²) < 4.78 is 0. The number of hydrogen-bond donors (Lipinski definition) is 2. The number of carbonyl (C=O) groups excluding carboxylic acids is 2. The van der Waals surface area contributed by atoms with E-state index >= 15 is 0 Å². The van der Waals surface area contributed by atoms with E-state index in [1.807, 2.05) is 41.8 Å². The number of rotatable bonds is 7. The molecule has 0 aliphatic carbocycles. The van der Waals surface area contributed by atoms with Gasteiger partial charge in [0.15, 0.2) is 0 Å². The molecule has 1 aliphatic rings. The minimum atomic E-state index is -0.407. The summed E-state index contributed by atoms with van der Waals surface area (Å²) in [4.78, 5) is 39.8. The number of carbonyl (C=O) groups is 2. The lowest BCUT2D eigenvalue weighted by molar-refractivity contribution is -0.384. The van der Waals surface area contributed by atoms with Gasteiger partial charge in [0.2, 0.25) is 11.8 Å². The van der Waals surface area contributed by atoms with Crippen LogP contribution in [0.4, 0.5) is 17.1 Å². The van der Waals surface area contributed by atoms with Gasteiger partial charge in [-0.05, 0) is 38.0 Å². The summed E-state index contributed by atoms with van der Waals surface area (Å²) in [6.45, 7) is 7.89. The average molecular weight is 440 g/mol. The molecule has 1 atom stereocenters. The molecule has 1 fully saturated rings. The summed E-state index contributed by atoms with van der Waals surface area (Å²) in [5.41, 5.74) is 3.38. The predicted octanol–water partition coefficient (Wildman–Crippen LogP) is 2.48. The van der Waals surface area contributed by atoms with Crippen molar-refractivity contribution >= 4 is 28.9 Å². The van der Waals surface area contributed by atoms with Gasteiger partial charge in [-0.1, -0.05) is 30.3 Å². The van der Waals surface area contributed by atoms with Crippen LogP contribution in [0.15, 0.2) is 42.5 Å². The molecule has 0 bridgehead atoms. The molecule has 2 N–H and O–H groups in total. The predicted molar refractivity (Wildman–Crippen MR) is 124 cm³/mol. The Kier molecular flexibility index (Phi) is 7.42. The Morgan fingerprint density at radius 1 is 1.03 bits per heavy atom. The zero-order valence-corrected chi connectivity index (χ0v) is 18.6. The molecule has 9 nitrogen and oxygen atoms in total. The number of nitrogens with one attached hydrogen (secondary N) is 2. The van der Waals surface area contributed by atoms with Crippen molar-refractivity contribution in [2.45, 2.75) is 26.8 Å². The number of anilines is 2. The van der Waals surface area contributed by atoms with E-state index in [0.717, 1.165) is 16.8 Å². The fourth-order valence-electron chi connectivity index (χ4n) is 3.91. The second-order valence-corrected chi connectivity index (χ2v) is 7.98. The van der Waals surface area contributed by atoms with Crippen molar-refractivity contribution in [1.29, 1.82) is 0 Å². The molecule has 170 valence electrons. The molecule has 0 spiro atoms. The van der Waals surface area contributed by atoms with E-state index in [4.69, 9.17) is 0 Å². The monoisotopic (exact) mass is 439 g/mol. The molecule has 1 saturated heterocycles. The fourth-order valence-corrected chi connectivity index (χ4v) is 3.91. The van der Waals surface area contributed by atoms with E-state index in [2.05, 4.69) is 10.6 Å². The van der Waals surface area contributed by atoms with Crippen LogP contribution in [-0.4, -0.2) is 60.4 Å². The molecule has 9 heteroatoms. The van der Waals surface area contributed by atoms with Crippen molar-refractivity contribution in [3.8, 4) is 0 Å². The van der Waals surface area contributed by atoms with Gasteiger partial charge in [0, 0.05) is 37.9 Å². The molecule has 1 aliphatic heterocycles. The van der Waals surface area contributed by atoms with Crippen LogP contribution in [0, 0.1) is 24.0 Å². The van der Waals surface area contributed by atoms with Crippen LogP contribution in [0.25, 0.3) is 0 Å². The highest BCUT2D eigenvalue weighted by molar-refractivity contribution is 5.96. The van der Waals surface area contributed by atoms with Gasteiger partial charge in [-0.15, -0.1) is 0 Å². The van der Waals surface area contributed by atoms with Crippen LogP contribution in [0.1, 0.15) is 18.1 Å². The van der Waals surface area contributed by atoms with E-state index in [-0.39, 0.29) is 29.0 Å². The molecule has 0 radical (unpaired) electrons. The quantitative estimate of drug-likeness (QED) is 0.507. The SMILES string of the molecule is Cc1cccc(C)c1NC(=O)CNC(=O)[C@H](C)N1CCN(c2ccccc2[N+](=O)[O-])CC1. The number of nitro groups is 1. The number of piperazine rings is 1. The number of aryl methyl sites for hydroxylation is 2. The molecule has 3 rings (SSSR count). The first-order valence-corrected chi connectivity index (χ1v) is 10.6.